The van der Waals surface area contributed by atoms with E-state index in [0.717, 1.165) is 39.2 Å². The van der Waals surface area contributed by atoms with Crippen molar-refractivity contribution in [1.82, 2.24) is 46.7 Å². The van der Waals surface area contributed by atoms with Gasteiger partial charge in [-0.05, 0) is 79.3 Å². The number of amides is 9. The molecule has 4 heterocycles. The van der Waals surface area contributed by atoms with Crippen LogP contribution < -0.4 is 37.6 Å². The Hall–Kier alpha value is -7.31. The molecular formula is C52H66N10O9. The molecule has 3 aliphatic rings. The minimum atomic E-state index is -1.43. The van der Waals surface area contributed by atoms with Crippen molar-refractivity contribution in [3.05, 3.63) is 84.1 Å². The molecule has 7 rings (SSSR count). The number of fused-ring (bicyclic) bond motifs is 4. The standard InChI is InChI=1S/C52H66N10O9/c1-3-4-16-39(56-31(2)63)47(66)59-42-29-45(64)54-23-10-9-18-38(46(53)65)57-48(67)40(28-35-30-55-37-17-8-7-15-36(35)37)58-49(68)43-19-11-24-61(43)51(70)41(60-50(69)44-20-12-25-62(44)52(42)71)27-32-21-22-33-13-5-6-14-34(33)26-32/h5-8,13-15,17,21-22,26,30,38-44,55H,3-4,9-12,16,18-20,23-25,27-29H2,1-2H3,(H2,53,65)(H,54,64)(H,56,63)(H,57,67)(H,58,68)(H,59,66)(H,60,69)/t38-,39-,40-,41+,42-,43-,44-/m0/s1. The van der Waals surface area contributed by atoms with Crippen LogP contribution in [0.15, 0.2) is 72.9 Å². The number of aromatic amines is 1. The lowest BCUT2D eigenvalue weighted by atomic mass is 9.99. The van der Waals surface area contributed by atoms with Gasteiger partial charge in [0.05, 0.1) is 6.42 Å². The number of benzene rings is 3. The summed E-state index contributed by atoms with van der Waals surface area (Å²) in [6.07, 6.45) is 5.08. The van der Waals surface area contributed by atoms with E-state index in [9.17, 15) is 38.4 Å². The van der Waals surface area contributed by atoms with Crippen LogP contribution in [0.2, 0.25) is 0 Å². The van der Waals surface area contributed by atoms with Crippen LogP contribution in [0.4, 0.5) is 0 Å². The van der Waals surface area contributed by atoms with E-state index in [-0.39, 0.29) is 58.2 Å². The van der Waals surface area contributed by atoms with Crippen molar-refractivity contribution in [2.75, 3.05) is 19.6 Å². The fourth-order valence-electron chi connectivity index (χ4n) is 9.99. The molecule has 0 radical (unpaired) electrons. The lowest BCUT2D eigenvalue weighted by molar-refractivity contribution is -0.145. The number of aromatic nitrogens is 1. The number of carbonyl (C=O) groups excluding carboxylic acids is 9. The predicted molar refractivity (Wildman–Crippen MR) is 265 cm³/mol. The van der Waals surface area contributed by atoms with Gasteiger partial charge in [-0.1, -0.05) is 80.4 Å². The second-order valence-corrected chi connectivity index (χ2v) is 18.9. The molecule has 9 amide bonds. The maximum absolute atomic E-state index is 15.0. The molecule has 0 unspecified atom stereocenters. The Labute approximate surface area is 412 Å². The second kappa shape index (κ2) is 24.0. The third-order valence-electron chi connectivity index (χ3n) is 13.7. The fourth-order valence-corrected chi connectivity index (χ4v) is 9.99. The monoisotopic (exact) mass is 975 g/mol. The van der Waals surface area contributed by atoms with E-state index < -0.39 is 102 Å². The molecule has 3 saturated heterocycles. The van der Waals surface area contributed by atoms with Gasteiger partial charge in [0.2, 0.25) is 53.2 Å². The number of unbranched alkanes of at least 4 members (excludes halogenated alkanes) is 1. The smallest absolute Gasteiger partial charge is 0.246 e. The average molecular weight is 975 g/mol. The van der Waals surface area contributed by atoms with E-state index in [1.807, 2.05) is 73.7 Å². The Bertz CT molecular complexity index is 2630. The Morgan fingerprint density at radius 2 is 1.42 bits per heavy atom. The van der Waals surface area contributed by atoms with Crippen molar-refractivity contribution in [1.29, 1.82) is 0 Å². The van der Waals surface area contributed by atoms with E-state index in [4.69, 9.17) is 5.73 Å². The minimum absolute atomic E-state index is 0.0299. The van der Waals surface area contributed by atoms with Gasteiger partial charge in [0.25, 0.3) is 0 Å². The molecule has 1 aromatic heterocycles. The molecular weight excluding hydrogens is 909 g/mol. The van der Waals surface area contributed by atoms with Gasteiger partial charge < -0.3 is 52.4 Å². The van der Waals surface area contributed by atoms with Crippen LogP contribution in [0.3, 0.4) is 0 Å². The molecule has 3 aliphatic heterocycles. The van der Waals surface area contributed by atoms with Gasteiger partial charge >= 0.3 is 0 Å². The molecule has 19 nitrogen and oxygen atoms in total. The third kappa shape index (κ3) is 13.1. The van der Waals surface area contributed by atoms with Crippen LogP contribution in [0, 0.1) is 0 Å². The molecule has 71 heavy (non-hydrogen) atoms. The van der Waals surface area contributed by atoms with Crippen molar-refractivity contribution in [3.63, 3.8) is 0 Å². The number of nitrogens with one attached hydrogen (secondary N) is 7. The summed E-state index contributed by atoms with van der Waals surface area (Å²) in [6, 6.07) is 12.9. The minimum Gasteiger partial charge on any atom is -0.368 e. The lowest BCUT2D eigenvalue weighted by Gasteiger charge is -2.32. The summed E-state index contributed by atoms with van der Waals surface area (Å²) in [4.78, 5) is 131. The number of nitrogens with zero attached hydrogens (tertiary/aromatic N) is 2. The van der Waals surface area contributed by atoms with Gasteiger partial charge in [0.15, 0.2) is 0 Å². The second-order valence-electron chi connectivity index (χ2n) is 18.9. The van der Waals surface area contributed by atoms with E-state index in [1.54, 1.807) is 6.20 Å². The van der Waals surface area contributed by atoms with E-state index in [0.29, 0.717) is 32.1 Å². The summed E-state index contributed by atoms with van der Waals surface area (Å²) < 4.78 is 0. The van der Waals surface area contributed by atoms with Crippen molar-refractivity contribution in [2.24, 2.45) is 5.73 Å². The first kappa shape index (κ1) is 51.5. The first-order valence-corrected chi connectivity index (χ1v) is 24.9. The quantitative estimate of drug-likeness (QED) is 0.109. The van der Waals surface area contributed by atoms with Gasteiger partial charge in [-0.3, -0.25) is 43.2 Å². The zero-order chi connectivity index (χ0) is 50.6. The average Bonchev–Trinajstić information content (AvgIpc) is 4.14. The van der Waals surface area contributed by atoms with Crippen molar-refractivity contribution in [2.45, 2.75) is 140 Å². The zero-order valence-electron chi connectivity index (χ0n) is 40.4. The Morgan fingerprint density at radius 3 is 2.13 bits per heavy atom. The molecule has 0 bridgehead atoms. The SMILES string of the molecule is CCCC[C@H](NC(C)=O)C(=O)N[C@H]1CC(=O)NCCCC[C@@H](C(N)=O)NC(=O)[C@H](Cc2c[nH]c3ccccc23)NC(=O)[C@@H]2CCCN2C(=O)[C@@H](Cc2ccc3ccccc3c2)NC(=O)[C@@H]2CCCN2C1=O. The lowest BCUT2D eigenvalue weighted by Crippen LogP contribution is -2.60. The van der Waals surface area contributed by atoms with Crippen molar-refractivity contribution in [3.8, 4) is 0 Å². The molecule has 7 atom stereocenters. The fraction of sp³-hybridized carbons (Fsp3) is 0.481. The highest BCUT2D eigenvalue weighted by molar-refractivity contribution is 5.99. The van der Waals surface area contributed by atoms with Gasteiger partial charge in [0.1, 0.15) is 42.3 Å². The van der Waals surface area contributed by atoms with Crippen LogP contribution in [0.25, 0.3) is 21.7 Å². The van der Waals surface area contributed by atoms with Crippen LogP contribution >= 0.6 is 0 Å². The number of rotatable bonds is 11. The van der Waals surface area contributed by atoms with Crippen molar-refractivity contribution < 1.29 is 43.2 Å². The van der Waals surface area contributed by atoms with Gasteiger partial charge in [0, 0.05) is 56.5 Å². The molecule has 19 heteroatoms. The van der Waals surface area contributed by atoms with Gasteiger partial charge in [-0.15, -0.1) is 0 Å². The summed E-state index contributed by atoms with van der Waals surface area (Å²) in [7, 11) is 0. The topological polar surface area (TPSA) is 274 Å². The number of para-hydroxylation sites is 1. The maximum atomic E-state index is 15.0. The van der Waals surface area contributed by atoms with Gasteiger partial charge in [-0.2, -0.15) is 0 Å². The Kier molecular flexibility index (Phi) is 17.4. The van der Waals surface area contributed by atoms with E-state index in [2.05, 4.69) is 36.9 Å². The molecule has 0 spiro atoms. The number of primary amides is 1. The predicted octanol–water partition coefficient (Wildman–Crippen LogP) is 1.90. The highest BCUT2D eigenvalue weighted by Gasteiger charge is 2.43. The Balaban J connectivity index is 1.22. The summed E-state index contributed by atoms with van der Waals surface area (Å²) in [5.41, 5.74) is 8.09. The number of H-pyrrole nitrogens is 1. The van der Waals surface area contributed by atoms with Crippen LogP contribution in [0.1, 0.15) is 95.6 Å². The van der Waals surface area contributed by atoms with Crippen molar-refractivity contribution >= 4 is 74.8 Å². The zero-order valence-corrected chi connectivity index (χ0v) is 40.4. The summed E-state index contributed by atoms with van der Waals surface area (Å²) in [5, 5.41) is 19.4. The number of hydrogen-bond acceptors (Lipinski definition) is 9. The maximum Gasteiger partial charge on any atom is 0.246 e. The van der Waals surface area contributed by atoms with Crippen LogP contribution in [-0.2, 0) is 56.0 Å². The normalized spacial score (nSPS) is 23.7. The molecule has 378 valence electrons. The highest BCUT2D eigenvalue weighted by atomic mass is 16.2. The third-order valence-corrected chi connectivity index (χ3v) is 13.7. The molecule has 3 fully saturated rings. The molecule has 3 aromatic carbocycles. The first-order valence-electron chi connectivity index (χ1n) is 24.9. The summed E-state index contributed by atoms with van der Waals surface area (Å²) in [6.45, 7) is 3.63. The number of hydrogen-bond donors (Lipinski definition) is 8. The Morgan fingerprint density at radius 1 is 0.746 bits per heavy atom. The molecule has 9 N–H and O–H groups in total. The van der Waals surface area contributed by atoms with E-state index in [1.165, 1.54) is 16.7 Å². The van der Waals surface area contributed by atoms with Gasteiger partial charge in [-0.25, -0.2) is 0 Å². The summed E-state index contributed by atoms with van der Waals surface area (Å²) >= 11 is 0. The van der Waals surface area contributed by atoms with E-state index >= 15 is 4.79 Å². The first-order chi connectivity index (χ1) is 34.2. The molecule has 0 saturated carbocycles. The highest BCUT2D eigenvalue weighted by Crippen LogP contribution is 2.25. The summed E-state index contributed by atoms with van der Waals surface area (Å²) in [5.74, 6) is -5.59. The largest absolute Gasteiger partial charge is 0.368 e. The van der Waals surface area contributed by atoms with Crippen LogP contribution in [0.5, 0.6) is 0 Å². The number of nitrogens with two attached hydrogens (primary N) is 1. The molecule has 0 aliphatic carbocycles. The van der Waals surface area contributed by atoms with Crippen LogP contribution in [-0.4, -0.2) is 130 Å². The molecule has 4 aromatic rings. The number of carbonyl (C=O) groups is 9.